The normalized spacial score (nSPS) is 10.3. The van der Waals surface area contributed by atoms with Crippen molar-refractivity contribution in [3.8, 4) is 5.75 Å². The number of benzene rings is 2. The Hall–Kier alpha value is -2.21. The Morgan fingerprint density at radius 3 is 2.61 bits per heavy atom. The molecule has 0 aliphatic heterocycles. The smallest absolute Gasteiger partial charge is 0.260 e. The van der Waals surface area contributed by atoms with Gasteiger partial charge in [-0.15, -0.1) is 0 Å². The molecule has 0 fully saturated rings. The average molecular weight is 337 g/mol. The first kappa shape index (κ1) is 17.1. The molecule has 0 heterocycles. The van der Waals surface area contributed by atoms with Crippen molar-refractivity contribution >= 4 is 23.1 Å². The number of thiocarbonyl (C=S) groups is 1. The summed E-state index contributed by atoms with van der Waals surface area (Å²) in [5.41, 5.74) is 1.53. The highest BCUT2D eigenvalue weighted by molar-refractivity contribution is 7.80. The molecule has 6 heteroatoms. The van der Waals surface area contributed by atoms with Crippen LogP contribution in [0.4, 0.5) is 14.5 Å². The van der Waals surface area contributed by atoms with Crippen LogP contribution in [0.5, 0.6) is 5.75 Å². The third kappa shape index (κ3) is 4.39. The Labute approximate surface area is 139 Å². The summed E-state index contributed by atoms with van der Waals surface area (Å²) < 4.78 is 38.2. The number of nitrogens with one attached hydrogen (secondary N) is 1. The molecule has 2 rings (SSSR count). The number of ether oxygens (including phenoxy) is 2. The van der Waals surface area contributed by atoms with Crippen LogP contribution < -0.4 is 10.1 Å². The van der Waals surface area contributed by atoms with Gasteiger partial charge in [0.05, 0.1) is 12.8 Å². The van der Waals surface area contributed by atoms with Crippen LogP contribution in [0.1, 0.15) is 18.1 Å². The van der Waals surface area contributed by atoms with Gasteiger partial charge < -0.3 is 14.8 Å². The summed E-state index contributed by atoms with van der Waals surface area (Å²) in [7, 11) is 1.41. The second-order valence-corrected chi connectivity index (χ2v) is 5.16. The number of rotatable bonds is 5. The molecule has 2 aromatic rings. The molecular weight excluding hydrogens is 320 g/mol. The molecule has 3 nitrogen and oxygen atoms in total. The van der Waals surface area contributed by atoms with E-state index in [-0.39, 0.29) is 23.1 Å². The maximum absolute atomic E-state index is 14.0. The second kappa shape index (κ2) is 7.87. The first-order valence-corrected chi connectivity index (χ1v) is 7.49. The van der Waals surface area contributed by atoms with E-state index in [1.165, 1.54) is 25.3 Å². The highest BCUT2D eigenvalue weighted by atomic mass is 32.1. The Morgan fingerprint density at radius 2 is 1.96 bits per heavy atom. The summed E-state index contributed by atoms with van der Waals surface area (Å²) in [6, 6.07) is 9.22. The van der Waals surface area contributed by atoms with Crippen LogP contribution in [0.25, 0.3) is 0 Å². The van der Waals surface area contributed by atoms with Gasteiger partial charge in [0.1, 0.15) is 12.4 Å². The highest BCUT2D eigenvalue weighted by Gasteiger charge is 2.12. The average Bonchev–Trinajstić information content (AvgIpc) is 2.55. The van der Waals surface area contributed by atoms with Crippen molar-refractivity contribution in [1.29, 1.82) is 0 Å². The summed E-state index contributed by atoms with van der Waals surface area (Å²) >= 11 is 4.91. The fourth-order valence-electron chi connectivity index (χ4n) is 2.01. The van der Waals surface area contributed by atoms with E-state index in [4.69, 9.17) is 21.7 Å². The zero-order chi connectivity index (χ0) is 16.8. The summed E-state index contributed by atoms with van der Waals surface area (Å²) in [6.07, 6.45) is 0.729. The van der Waals surface area contributed by atoms with Gasteiger partial charge in [0.25, 0.3) is 5.17 Å². The molecule has 23 heavy (non-hydrogen) atoms. The third-order valence-corrected chi connectivity index (χ3v) is 3.59. The highest BCUT2D eigenvalue weighted by Crippen LogP contribution is 2.24. The summed E-state index contributed by atoms with van der Waals surface area (Å²) in [4.78, 5) is 0. The van der Waals surface area contributed by atoms with E-state index in [0.29, 0.717) is 5.69 Å². The maximum atomic E-state index is 14.0. The summed E-state index contributed by atoms with van der Waals surface area (Å²) in [5, 5.41) is 2.87. The van der Waals surface area contributed by atoms with Crippen molar-refractivity contribution in [3.63, 3.8) is 0 Å². The van der Waals surface area contributed by atoms with Gasteiger partial charge in [-0.3, -0.25) is 0 Å². The minimum Gasteiger partial charge on any atom is -0.486 e. The largest absolute Gasteiger partial charge is 0.486 e. The summed E-state index contributed by atoms with van der Waals surface area (Å²) in [5.74, 6) is -0.868. The molecule has 2 aromatic carbocycles. The van der Waals surface area contributed by atoms with Crippen LogP contribution >= 0.6 is 12.2 Å². The fraction of sp³-hybridized carbons (Fsp3) is 0.235. The standard InChI is InChI=1S/C17H17F2NO2S/c1-3-11-7-8-16(14(19)9-11)22-10-12-13(18)5-4-6-15(12)20-17(23)21-2/h4-9H,3,10H2,1-2H3,(H,20,23). The van der Waals surface area contributed by atoms with Gasteiger partial charge in [-0.05, 0) is 48.5 Å². The van der Waals surface area contributed by atoms with Crippen LogP contribution in [-0.4, -0.2) is 12.3 Å². The van der Waals surface area contributed by atoms with E-state index in [9.17, 15) is 8.78 Å². The molecule has 0 amide bonds. The van der Waals surface area contributed by atoms with Crippen molar-refractivity contribution in [2.75, 3.05) is 12.4 Å². The molecule has 0 aromatic heterocycles. The lowest BCUT2D eigenvalue weighted by Gasteiger charge is -2.14. The SMILES string of the molecule is CCc1ccc(OCc2c(F)cccc2NC(=S)OC)c(F)c1. The Morgan fingerprint density at radius 1 is 1.17 bits per heavy atom. The zero-order valence-electron chi connectivity index (χ0n) is 12.9. The monoisotopic (exact) mass is 337 g/mol. The van der Waals surface area contributed by atoms with Gasteiger partial charge in [0, 0.05) is 5.56 Å². The van der Waals surface area contributed by atoms with Crippen LogP contribution in [0, 0.1) is 11.6 Å². The van der Waals surface area contributed by atoms with Gasteiger partial charge in [-0.25, -0.2) is 8.78 Å². The first-order valence-electron chi connectivity index (χ1n) is 7.08. The lowest BCUT2D eigenvalue weighted by molar-refractivity contribution is 0.285. The minimum absolute atomic E-state index is 0.0747. The number of methoxy groups -OCH3 is 1. The molecule has 122 valence electrons. The van der Waals surface area contributed by atoms with Crippen LogP contribution in [0.15, 0.2) is 36.4 Å². The number of anilines is 1. The van der Waals surface area contributed by atoms with Gasteiger partial charge in [0.15, 0.2) is 11.6 Å². The lowest BCUT2D eigenvalue weighted by atomic mass is 10.1. The minimum atomic E-state index is -0.473. The van der Waals surface area contributed by atoms with Gasteiger partial charge in [-0.1, -0.05) is 19.1 Å². The van der Waals surface area contributed by atoms with Crippen LogP contribution in [0.2, 0.25) is 0 Å². The number of aryl methyl sites for hydroxylation is 1. The fourth-order valence-corrected chi connectivity index (χ4v) is 2.12. The van der Waals surface area contributed by atoms with Crippen LogP contribution in [-0.2, 0) is 17.8 Å². The molecule has 0 saturated heterocycles. The van der Waals surface area contributed by atoms with Crippen molar-refractivity contribution < 1.29 is 18.3 Å². The molecule has 0 unspecified atom stereocenters. The van der Waals surface area contributed by atoms with Crippen molar-refractivity contribution in [1.82, 2.24) is 0 Å². The third-order valence-electron chi connectivity index (χ3n) is 3.32. The van der Waals surface area contributed by atoms with E-state index in [1.54, 1.807) is 18.2 Å². The predicted molar refractivity (Wildman–Crippen MR) is 89.7 cm³/mol. The van der Waals surface area contributed by atoms with E-state index >= 15 is 0 Å². The Bertz CT molecular complexity index is 707. The van der Waals surface area contributed by atoms with E-state index < -0.39 is 11.6 Å². The van der Waals surface area contributed by atoms with E-state index in [2.05, 4.69) is 5.32 Å². The Balaban J connectivity index is 2.18. The summed E-state index contributed by atoms with van der Waals surface area (Å²) in [6.45, 7) is 1.80. The molecular formula is C17H17F2NO2S. The molecule has 0 spiro atoms. The number of halogens is 2. The zero-order valence-corrected chi connectivity index (χ0v) is 13.7. The molecule has 0 aliphatic carbocycles. The number of hydrogen-bond donors (Lipinski definition) is 1. The molecule has 1 N–H and O–H groups in total. The number of hydrogen-bond acceptors (Lipinski definition) is 3. The van der Waals surface area contributed by atoms with Crippen LogP contribution in [0.3, 0.4) is 0 Å². The topological polar surface area (TPSA) is 30.5 Å². The molecule has 0 aliphatic rings. The Kier molecular flexibility index (Phi) is 5.87. The second-order valence-electron chi connectivity index (χ2n) is 4.79. The van der Waals surface area contributed by atoms with Crippen molar-refractivity contribution in [3.05, 3.63) is 59.2 Å². The van der Waals surface area contributed by atoms with Gasteiger partial charge >= 0.3 is 0 Å². The van der Waals surface area contributed by atoms with E-state index in [1.807, 2.05) is 6.92 Å². The predicted octanol–water partition coefficient (Wildman–Crippen LogP) is 4.45. The first-order chi connectivity index (χ1) is 11.0. The molecule has 0 saturated carbocycles. The van der Waals surface area contributed by atoms with Crippen molar-refractivity contribution in [2.24, 2.45) is 0 Å². The maximum Gasteiger partial charge on any atom is 0.260 e. The molecule has 0 radical (unpaired) electrons. The van der Waals surface area contributed by atoms with Gasteiger partial charge in [-0.2, -0.15) is 0 Å². The van der Waals surface area contributed by atoms with Crippen molar-refractivity contribution in [2.45, 2.75) is 20.0 Å². The lowest BCUT2D eigenvalue weighted by Crippen LogP contribution is -2.14. The molecule has 0 bridgehead atoms. The van der Waals surface area contributed by atoms with E-state index in [0.717, 1.165) is 12.0 Å². The molecule has 0 atom stereocenters. The van der Waals surface area contributed by atoms with Gasteiger partial charge in [0.2, 0.25) is 0 Å². The quantitative estimate of drug-likeness (QED) is 0.817.